The number of amides is 2. The van der Waals surface area contributed by atoms with E-state index in [4.69, 9.17) is 5.73 Å². The summed E-state index contributed by atoms with van der Waals surface area (Å²) in [6.45, 7) is 0. The van der Waals surface area contributed by atoms with E-state index in [2.05, 4.69) is 25.7 Å². The SMILES string of the molecule is Nc1ncnn2cc(C(=O)O)c(-c3ccc(NC(=O)Nc4cccc(C(F)(F)F)n4)cc3)c12. The van der Waals surface area contributed by atoms with Crippen molar-refractivity contribution in [1.29, 1.82) is 0 Å². The van der Waals surface area contributed by atoms with E-state index in [0.29, 0.717) is 22.3 Å². The molecule has 0 aliphatic rings. The van der Waals surface area contributed by atoms with E-state index >= 15 is 0 Å². The van der Waals surface area contributed by atoms with Gasteiger partial charge in [-0.15, -0.1) is 0 Å². The third-order valence-corrected chi connectivity index (χ3v) is 4.55. The van der Waals surface area contributed by atoms with Crippen molar-refractivity contribution in [1.82, 2.24) is 19.6 Å². The summed E-state index contributed by atoms with van der Waals surface area (Å²) in [5.74, 6) is -1.38. The Morgan fingerprint density at radius 2 is 1.79 bits per heavy atom. The maximum absolute atomic E-state index is 12.8. The van der Waals surface area contributed by atoms with E-state index in [1.54, 1.807) is 12.1 Å². The van der Waals surface area contributed by atoms with Crippen molar-refractivity contribution >= 4 is 34.8 Å². The zero-order valence-corrected chi connectivity index (χ0v) is 16.5. The van der Waals surface area contributed by atoms with Gasteiger partial charge in [-0.3, -0.25) is 5.32 Å². The molecule has 2 amide bonds. The van der Waals surface area contributed by atoms with Gasteiger partial charge in [0.25, 0.3) is 0 Å². The van der Waals surface area contributed by atoms with Crippen LogP contribution in [0.5, 0.6) is 0 Å². The van der Waals surface area contributed by atoms with Gasteiger partial charge in [0.1, 0.15) is 23.4 Å². The van der Waals surface area contributed by atoms with E-state index < -0.39 is 23.9 Å². The van der Waals surface area contributed by atoms with Crippen molar-refractivity contribution < 1.29 is 27.9 Å². The molecule has 0 radical (unpaired) electrons. The number of urea groups is 1. The lowest BCUT2D eigenvalue weighted by Gasteiger charge is -2.10. The fourth-order valence-electron chi connectivity index (χ4n) is 3.15. The van der Waals surface area contributed by atoms with Gasteiger partial charge in [-0.25, -0.2) is 24.1 Å². The Balaban J connectivity index is 1.56. The first-order valence-electron chi connectivity index (χ1n) is 9.21. The number of aromatic nitrogens is 4. The summed E-state index contributed by atoms with van der Waals surface area (Å²) in [5.41, 5.74) is 6.10. The minimum atomic E-state index is -4.64. The number of nitrogens with two attached hydrogens (primary N) is 1. The minimum absolute atomic E-state index is 0.0451. The number of hydrogen-bond acceptors (Lipinski definition) is 6. The second-order valence-electron chi connectivity index (χ2n) is 6.72. The standard InChI is InChI=1S/C20H14F3N7O3/c21-20(22,23)13-2-1-3-14(28-13)29-19(33)27-11-6-4-10(5-7-11)15-12(18(31)32)8-30-16(15)17(24)25-9-26-30/h1-9H,(H,31,32)(H2,24,25,26)(H2,27,28,29,33). The highest BCUT2D eigenvalue weighted by Gasteiger charge is 2.32. The average Bonchev–Trinajstić information content (AvgIpc) is 3.15. The molecule has 13 heteroatoms. The summed E-state index contributed by atoms with van der Waals surface area (Å²) in [4.78, 5) is 31.1. The normalized spacial score (nSPS) is 11.4. The molecule has 0 aliphatic heterocycles. The number of anilines is 3. The number of nitrogens with zero attached hydrogens (tertiary/aromatic N) is 4. The van der Waals surface area contributed by atoms with Crippen LogP contribution in [-0.2, 0) is 6.18 Å². The number of pyridine rings is 1. The van der Waals surface area contributed by atoms with Crippen molar-refractivity contribution in [3.05, 3.63) is 66.2 Å². The number of carbonyl (C=O) groups is 2. The van der Waals surface area contributed by atoms with Crippen molar-refractivity contribution in [3.8, 4) is 11.1 Å². The lowest BCUT2D eigenvalue weighted by Crippen LogP contribution is -2.21. The molecule has 33 heavy (non-hydrogen) atoms. The number of alkyl halides is 3. The first kappa shape index (κ1) is 21.5. The number of nitrogen functional groups attached to an aromatic ring is 1. The summed E-state index contributed by atoms with van der Waals surface area (Å²) < 4.78 is 39.6. The van der Waals surface area contributed by atoms with Crippen LogP contribution in [0.3, 0.4) is 0 Å². The molecule has 10 nitrogen and oxygen atoms in total. The van der Waals surface area contributed by atoms with Gasteiger partial charge in [0.2, 0.25) is 0 Å². The molecule has 0 unspecified atom stereocenters. The molecule has 168 valence electrons. The highest BCUT2D eigenvalue weighted by Crippen LogP contribution is 2.33. The Morgan fingerprint density at radius 1 is 1.06 bits per heavy atom. The van der Waals surface area contributed by atoms with Gasteiger partial charge >= 0.3 is 18.2 Å². The predicted octanol–water partition coefficient (Wildman–Crippen LogP) is 3.73. The Labute approximate surface area is 182 Å². The quantitative estimate of drug-likeness (QED) is 0.365. The van der Waals surface area contributed by atoms with Gasteiger partial charge in [-0.2, -0.15) is 18.3 Å². The summed E-state index contributed by atoms with van der Waals surface area (Å²) in [6, 6.07) is 8.39. The summed E-state index contributed by atoms with van der Waals surface area (Å²) in [6.07, 6.45) is -2.13. The first-order chi connectivity index (χ1) is 15.6. The number of rotatable bonds is 4. The van der Waals surface area contributed by atoms with Crippen molar-refractivity contribution in [2.75, 3.05) is 16.4 Å². The van der Waals surface area contributed by atoms with E-state index in [9.17, 15) is 27.9 Å². The summed E-state index contributed by atoms with van der Waals surface area (Å²) in [7, 11) is 0. The Kier molecular flexibility index (Phi) is 5.29. The highest BCUT2D eigenvalue weighted by molar-refractivity contribution is 6.04. The fraction of sp³-hybridized carbons (Fsp3) is 0.0500. The second kappa shape index (κ2) is 8.11. The third kappa shape index (κ3) is 4.37. The molecule has 0 fully saturated rings. The number of halogens is 3. The molecule has 4 aromatic rings. The van der Waals surface area contributed by atoms with Crippen LogP contribution in [0.2, 0.25) is 0 Å². The molecule has 0 atom stereocenters. The van der Waals surface area contributed by atoms with Crippen LogP contribution in [0.1, 0.15) is 16.1 Å². The van der Waals surface area contributed by atoms with Crippen molar-refractivity contribution in [2.45, 2.75) is 6.18 Å². The van der Waals surface area contributed by atoms with E-state index in [1.165, 1.54) is 35.2 Å². The smallest absolute Gasteiger partial charge is 0.433 e. The molecule has 0 saturated heterocycles. The molecule has 3 aromatic heterocycles. The average molecular weight is 457 g/mol. The van der Waals surface area contributed by atoms with Crippen LogP contribution in [0.4, 0.5) is 35.3 Å². The van der Waals surface area contributed by atoms with Gasteiger partial charge in [-0.1, -0.05) is 18.2 Å². The monoisotopic (exact) mass is 457 g/mol. The predicted molar refractivity (Wildman–Crippen MR) is 112 cm³/mol. The van der Waals surface area contributed by atoms with Crippen molar-refractivity contribution in [2.24, 2.45) is 0 Å². The Morgan fingerprint density at radius 3 is 2.45 bits per heavy atom. The number of fused-ring (bicyclic) bond motifs is 1. The maximum atomic E-state index is 12.8. The number of carbonyl (C=O) groups excluding carboxylic acids is 1. The van der Waals surface area contributed by atoms with E-state index in [1.807, 2.05) is 0 Å². The highest BCUT2D eigenvalue weighted by atomic mass is 19.4. The zero-order valence-electron chi connectivity index (χ0n) is 16.5. The number of nitrogens with one attached hydrogen (secondary N) is 2. The Hall–Kier alpha value is -4.68. The van der Waals surface area contributed by atoms with Crippen LogP contribution in [0.15, 0.2) is 55.0 Å². The lowest BCUT2D eigenvalue weighted by molar-refractivity contribution is -0.141. The molecular weight excluding hydrogens is 443 g/mol. The third-order valence-electron chi connectivity index (χ3n) is 4.55. The molecule has 5 N–H and O–H groups in total. The second-order valence-corrected chi connectivity index (χ2v) is 6.72. The van der Waals surface area contributed by atoms with Crippen molar-refractivity contribution in [3.63, 3.8) is 0 Å². The van der Waals surface area contributed by atoms with Gasteiger partial charge < -0.3 is 16.2 Å². The largest absolute Gasteiger partial charge is 0.478 e. The van der Waals surface area contributed by atoms with Crippen LogP contribution in [-0.4, -0.2) is 36.7 Å². The van der Waals surface area contributed by atoms with Crippen LogP contribution < -0.4 is 16.4 Å². The molecular formula is C20H14F3N7O3. The molecule has 0 bridgehead atoms. The van der Waals surface area contributed by atoms with Gasteiger partial charge in [0.05, 0.1) is 5.56 Å². The molecule has 0 saturated carbocycles. The number of hydrogen-bond donors (Lipinski definition) is 4. The zero-order chi connectivity index (χ0) is 23.8. The lowest BCUT2D eigenvalue weighted by atomic mass is 10.0. The summed E-state index contributed by atoms with van der Waals surface area (Å²) in [5, 5.41) is 18.2. The molecule has 4 rings (SSSR count). The molecule has 1 aromatic carbocycles. The maximum Gasteiger partial charge on any atom is 0.433 e. The van der Waals surface area contributed by atoms with Crippen LogP contribution >= 0.6 is 0 Å². The van der Waals surface area contributed by atoms with Gasteiger partial charge in [0, 0.05) is 17.4 Å². The number of benzene rings is 1. The first-order valence-corrected chi connectivity index (χ1v) is 9.21. The van der Waals surface area contributed by atoms with Crippen LogP contribution in [0, 0.1) is 0 Å². The molecule has 3 heterocycles. The van der Waals surface area contributed by atoms with Crippen LogP contribution in [0.25, 0.3) is 16.6 Å². The number of carboxylic acid groups (broad SMARTS) is 1. The van der Waals surface area contributed by atoms with E-state index in [-0.39, 0.29) is 17.2 Å². The fourth-order valence-corrected chi connectivity index (χ4v) is 3.15. The topological polar surface area (TPSA) is 148 Å². The summed E-state index contributed by atoms with van der Waals surface area (Å²) >= 11 is 0. The van der Waals surface area contributed by atoms with Gasteiger partial charge in [-0.05, 0) is 29.8 Å². The molecule has 0 aliphatic carbocycles. The Bertz CT molecular complexity index is 1370. The number of aromatic carboxylic acids is 1. The molecule has 0 spiro atoms. The van der Waals surface area contributed by atoms with Gasteiger partial charge in [0.15, 0.2) is 5.82 Å². The van der Waals surface area contributed by atoms with E-state index in [0.717, 1.165) is 12.1 Å². The number of carboxylic acids is 1. The minimum Gasteiger partial charge on any atom is -0.478 e.